The van der Waals surface area contributed by atoms with Gasteiger partial charge in [-0.25, -0.2) is 9.97 Å². The van der Waals surface area contributed by atoms with Gasteiger partial charge in [-0.1, -0.05) is 60.7 Å². The maximum atomic E-state index is 12.3. The zero-order chi connectivity index (χ0) is 34.7. The first-order valence-electron chi connectivity index (χ1n) is 17.4. The van der Waals surface area contributed by atoms with Gasteiger partial charge in [-0.05, 0) is 58.9 Å². The number of unbranched alkanes of at least 4 members (excludes halogenated alkanes) is 1. The van der Waals surface area contributed by atoms with E-state index in [4.69, 9.17) is 14.6 Å². The minimum atomic E-state index is -0.842. The quantitative estimate of drug-likeness (QED) is 0.151. The monoisotopic (exact) mass is 679 g/mol. The van der Waals surface area contributed by atoms with Crippen LogP contribution in [0.5, 0.6) is 0 Å². The average molecular weight is 680 g/mol. The lowest BCUT2D eigenvalue weighted by atomic mass is 9.98. The number of nitrogens with one attached hydrogen (secondary N) is 1. The molecular formula is C39H45N5O6. The van der Waals surface area contributed by atoms with Gasteiger partial charge >= 0.3 is 5.97 Å². The third-order valence-electron chi connectivity index (χ3n) is 9.24. The minimum absolute atomic E-state index is 0.00484. The van der Waals surface area contributed by atoms with E-state index in [1.807, 2.05) is 60.7 Å². The predicted octanol–water partition coefficient (Wildman–Crippen LogP) is 5.26. The minimum Gasteiger partial charge on any atom is -0.481 e. The third-order valence-corrected chi connectivity index (χ3v) is 9.24. The van der Waals surface area contributed by atoms with Crippen LogP contribution in [-0.2, 0) is 32.2 Å². The Morgan fingerprint density at radius 1 is 0.800 bits per heavy atom. The smallest absolute Gasteiger partial charge is 0.303 e. The number of rotatable bonds is 14. The zero-order valence-corrected chi connectivity index (χ0v) is 28.2. The molecule has 3 atom stereocenters. The molecule has 3 N–H and O–H groups in total. The molecule has 2 fully saturated rings. The molecule has 2 aliphatic heterocycles. The highest BCUT2D eigenvalue weighted by Gasteiger charge is 2.34. The molecule has 11 nitrogen and oxygen atoms in total. The molecular weight excluding hydrogens is 634 g/mol. The van der Waals surface area contributed by atoms with Gasteiger partial charge in [0.15, 0.2) is 6.29 Å². The van der Waals surface area contributed by atoms with Crippen molar-refractivity contribution < 1.29 is 29.3 Å². The van der Waals surface area contributed by atoms with Gasteiger partial charge in [0.2, 0.25) is 11.9 Å². The number of aliphatic hydroxyl groups excluding tert-OH is 1. The maximum absolute atomic E-state index is 12.3. The van der Waals surface area contributed by atoms with Crippen LogP contribution in [0.4, 0.5) is 5.95 Å². The fraction of sp³-hybridized carbons (Fsp3) is 0.385. The number of hydrogen-bond acceptors (Lipinski definition) is 9. The fourth-order valence-electron chi connectivity index (χ4n) is 6.48. The Hall–Kier alpha value is -4.68. The van der Waals surface area contributed by atoms with Gasteiger partial charge in [0, 0.05) is 76.5 Å². The van der Waals surface area contributed by atoms with Crippen LogP contribution in [0.25, 0.3) is 11.1 Å². The van der Waals surface area contributed by atoms with Crippen molar-refractivity contribution in [3.63, 3.8) is 0 Å². The van der Waals surface area contributed by atoms with Crippen molar-refractivity contribution in [3.05, 3.63) is 114 Å². The molecule has 4 aromatic rings. The van der Waals surface area contributed by atoms with Gasteiger partial charge in [0.25, 0.3) is 0 Å². The Kier molecular flexibility index (Phi) is 12.2. The molecule has 0 spiro atoms. The molecule has 1 amide bonds. The first-order chi connectivity index (χ1) is 24.4. The first-order valence-corrected chi connectivity index (χ1v) is 17.4. The molecule has 262 valence electrons. The van der Waals surface area contributed by atoms with Crippen LogP contribution in [0.3, 0.4) is 0 Å². The molecule has 11 heteroatoms. The number of aliphatic hydroxyl groups is 1. The Morgan fingerprint density at radius 3 is 2.26 bits per heavy atom. The Labute approximate surface area is 292 Å². The number of carbonyl (C=O) groups excluding carboxylic acids is 1. The lowest BCUT2D eigenvalue weighted by molar-refractivity contribution is -0.253. The highest BCUT2D eigenvalue weighted by Crippen LogP contribution is 2.39. The summed E-state index contributed by atoms with van der Waals surface area (Å²) in [7, 11) is 0. The second kappa shape index (κ2) is 17.3. The van der Waals surface area contributed by atoms with Gasteiger partial charge in [0.1, 0.15) is 0 Å². The normalized spacial score (nSPS) is 19.6. The van der Waals surface area contributed by atoms with Crippen molar-refractivity contribution in [2.24, 2.45) is 0 Å². The van der Waals surface area contributed by atoms with Crippen molar-refractivity contribution in [3.8, 4) is 11.1 Å². The van der Waals surface area contributed by atoms with Crippen LogP contribution in [0.2, 0.25) is 0 Å². The number of nitrogens with zero attached hydrogens (tertiary/aromatic N) is 4. The largest absolute Gasteiger partial charge is 0.481 e. The van der Waals surface area contributed by atoms with Crippen LogP contribution >= 0.6 is 0 Å². The van der Waals surface area contributed by atoms with Gasteiger partial charge in [-0.2, -0.15) is 0 Å². The molecule has 6 rings (SSSR count). The van der Waals surface area contributed by atoms with E-state index in [2.05, 4.69) is 43.3 Å². The molecule has 0 bridgehead atoms. The van der Waals surface area contributed by atoms with E-state index in [1.165, 1.54) is 0 Å². The van der Waals surface area contributed by atoms with E-state index < -0.39 is 12.3 Å². The number of carboxylic acids is 1. The highest BCUT2D eigenvalue weighted by molar-refractivity contribution is 5.76. The number of aromatic nitrogens is 2. The van der Waals surface area contributed by atoms with Crippen LogP contribution in [0.15, 0.2) is 91.3 Å². The van der Waals surface area contributed by atoms with Crippen LogP contribution < -0.4 is 10.2 Å². The van der Waals surface area contributed by atoms with E-state index >= 15 is 0 Å². The summed E-state index contributed by atoms with van der Waals surface area (Å²) in [5.74, 6) is -0.164. The Bertz CT molecular complexity index is 1700. The number of benzene rings is 3. The third kappa shape index (κ3) is 9.72. The standard InChI is InChI=1S/C39H45N5O6/c45-27-28-12-14-30(15-13-28)35-24-34(26-43-18-20-44(21-19-43)39-40-16-5-17-41-39)49-38(50-35)33-9-4-8-32(23-33)31-7-3-6-29(22-31)25-42-36(46)10-1-2-11-37(47)48/h3-9,12-17,22-23,34-35,38,45H,1-2,10-11,18-21,24-27H2,(H,42,46)(H,47,48)/t34-,35+,38+/m0/s1. The van der Waals surface area contributed by atoms with Gasteiger partial charge in [0.05, 0.1) is 18.8 Å². The summed E-state index contributed by atoms with van der Waals surface area (Å²) in [5, 5.41) is 21.3. The van der Waals surface area contributed by atoms with Gasteiger partial charge in [-0.3, -0.25) is 14.5 Å². The number of carboxylic acid groups (broad SMARTS) is 1. The van der Waals surface area contributed by atoms with E-state index in [1.54, 1.807) is 12.4 Å². The Balaban J connectivity index is 1.13. The van der Waals surface area contributed by atoms with E-state index in [9.17, 15) is 14.7 Å². The fourth-order valence-corrected chi connectivity index (χ4v) is 6.48. The molecule has 0 aliphatic carbocycles. The number of amides is 1. The molecule has 3 heterocycles. The highest BCUT2D eigenvalue weighted by atomic mass is 16.7. The number of carbonyl (C=O) groups is 2. The van der Waals surface area contributed by atoms with Gasteiger partial charge in [-0.15, -0.1) is 0 Å². The lowest BCUT2D eigenvalue weighted by Gasteiger charge is -2.40. The number of hydrogen-bond donors (Lipinski definition) is 3. The molecule has 50 heavy (non-hydrogen) atoms. The summed E-state index contributed by atoms with van der Waals surface area (Å²) in [6.45, 7) is 4.63. The molecule has 3 aromatic carbocycles. The van der Waals surface area contributed by atoms with Gasteiger partial charge < -0.3 is 29.9 Å². The van der Waals surface area contributed by atoms with Crippen molar-refractivity contribution in [2.75, 3.05) is 37.6 Å². The van der Waals surface area contributed by atoms with E-state index in [0.717, 1.165) is 72.1 Å². The summed E-state index contributed by atoms with van der Waals surface area (Å²) in [5.41, 5.74) is 5.85. The number of ether oxygens (including phenoxy) is 2. The van der Waals surface area contributed by atoms with Crippen LogP contribution in [-0.4, -0.2) is 75.8 Å². The molecule has 2 aliphatic rings. The summed E-state index contributed by atoms with van der Waals surface area (Å²) in [4.78, 5) is 36.5. The number of piperazine rings is 1. The molecule has 0 unspecified atom stereocenters. The molecule has 0 saturated carbocycles. The Morgan fingerprint density at radius 2 is 1.52 bits per heavy atom. The van der Waals surface area contributed by atoms with Crippen molar-refractivity contribution >= 4 is 17.8 Å². The van der Waals surface area contributed by atoms with E-state index in [0.29, 0.717) is 32.2 Å². The predicted molar refractivity (Wildman–Crippen MR) is 189 cm³/mol. The van der Waals surface area contributed by atoms with Crippen molar-refractivity contribution in [2.45, 2.75) is 63.8 Å². The number of aliphatic carboxylic acids is 1. The van der Waals surface area contributed by atoms with Crippen molar-refractivity contribution in [1.29, 1.82) is 0 Å². The van der Waals surface area contributed by atoms with Crippen molar-refractivity contribution in [1.82, 2.24) is 20.2 Å². The molecule has 2 saturated heterocycles. The lowest BCUT2D eigenvalue weighted by Crippen LogP contribution is -2.50. The summed E-state index contributed by atoms with van der Waals surface area (Å²) in [6, 6.07) is 26.1. The number of anilines is 1. The zero-order valence-electron chi connectivity index (χ0n) is 28.2. The summed E-state index contributed by atoms with van der Waals surface area (Å²) >= 11 is 0. The second-order valence-electron chi connectivity index (χ2n) is 12.9. The summed E-state index contributed by atoms with van der Waals surface area (Å²) in [6.07, 6.45) is 4.88. The second-order valence-corrected chi connectivity index (χ2v) is 12.9. The van der Waals surface area contributed by atoms with E-state index in [-0.39, 0.29) is 31.1 Å². The first kappa shape index (κ1) is 35.2. The molecule has 1 aromatic heterocycles. The van der Waals surface area contributed by atoms with Crippen LogP contribution in [0.1, 0.15) is 66.8 Å². The van der Waals surface area contributed by atoms with Crippen LogP contribution in [0, 0.1) is 0 Å². The molecule has 0 radical (unpaired) electrons. The topological polar surface area (TPSA) is 137 Å². The maximum Gasteiger partial charge on any atom is 0.303 e. The SMILES string of the molecule is O=C(O)CCCCC(=O)NCc1cccc(-c2cccc([C@@H]3O[C@H](CN4CCN(c5ncccn5)CC4)C[C@H](c4ccc(CO)cc4)O3)c2)c1. The summed E-state index contributed by atoms with van der Waals surface area (Å²) < 4.78 is 13.3. The average Bonchev–Trinajstić information content (AvgIpc) is 3.16.